The molecule has 0 bridgehead atoms. The van der Waals surface area contributed by atoms with E-state index in [9.17, 15) is 13.6 Å². The molecule has 0 amide bonds. The molecule has 2 N–H and O–H groups in total. The van der Waals surface area contributed by atoms with Gasteiger partial charge < -0.3 is 18.7 Å². The first kappa shape index (κ1) is 22.3. The van der Waals surface area contributed by atoms with E-state index in [4.69, 9.17) is 4.98 Å². The van der Waals surface area contributed by atoms with E-state index in [-0.39, 0.29) is 12.1 Å². The smallest absolute Gasteiger partial charge is 0.274 e. The van der Waals surface area contributed by atoms with Gasteiger partial charge in [0.15, 0.2) is 0 Å². The highest BCUT2D eigenvalue weighted by atomic mass is 32.2. The number of aryl methyl sites for hydroxylation is 2. The third-order valence-corrected chi connectivity index (χ3v) is 6.57. The number of aromatic amines is 1. The Balaban J connectivity index is 1.72. The van der Waals surface area contributed by atoms with E-state index in [1.165, 1.54) is 0 Å². The predicted molar refractivity (Wildman–Crippen MR) is 133 cm³/mol. The number of pyridine rings is 1. The van der Waals surface area contributed by atoms with Crippen LogP contribution in [0.4, 0.5) is 0 Å². The van der Waals surface area contributed by atoms with Gasteiger partial charge in [0.1, 0.15) is 11.3 Å². The summed E-state index contributed by atoms with van der Waals surface area (Å²) in [7, 11) is 1.74. The zero-order valence-corrected chi connectivity index (χ0v) is 19.7. The summed E-state index contributed by atoms with van der Waals surface area (Å²) in [5, 5.41) is 0.845. The highest BCUT2D eigenvalue weighted by Gasteiger charge is 2.17. The van der Waals surface area contributed by atoms with E-state index in [2.05, 4.69) is 32.5 Å². The minimum atomic E-state index is -2.33. The number of fused-ring (bicyclic) bond motifs is 2. The van der Waals surface area contributed by atoms with Crippen LogP contribution in [-0.2, 0) is 31.3 Å². The second kappa shape index (κ2) is 9.02. The van der Waals surface area contributed by atoms with Crippen LogP contribution >= 0.6 is 0 Å². The first-order valence-electron chi connectivity index (χ1n) is 11.0. The molecule has 174 valence electrons. The van der Waals surface area contributed by atoms with Crippen molar-refractivity contribution in [1.82, 2.24) is 23.8 Å². The van der Waals surface area contributed by atoms with Crippen LogP contribution in [0.25, 0.3) is 33.1 Å². The number of H-pyrrole nitrogens is 1. The van der Waals surface area contributed by atoms with Crippen LogP contribution in [0.5, 0.6) is 0 Å². The topological polar surface area (TPSA) is 108 Å². The normalized spacial score (nSPS) is 12.6. The van der Waals surface area contributed by atoms with Crippen LogP contribution in [0, 0.1) is 6.92 Å². The van der Waals surface area contributed by atoms with E-state index < -0.39 is 11.3 Å². The Morgan fingerprint density at radius 2 is 1.97 bits per heavy atom. The maximum atomic E-state index is 12.6. The van der Waals surface area contributed by atoms with Crippen LogP contribution in [0.15, 0.2) is 65.7 Å². The number of benzene rings is 2. The van der Waals surface area contributed by atoms with Crippen molar-refractivity contribution in [3.8, 4) is 11.1 Å². The molecule has 3 heterocycles. The maximum absolute atomic E-state index is 12.6. The molecule has 1 atom stereocenters. The van der Waals surface area contributed by atoms with E-state index in [1.54, 1.807) is 17.8 Å². The van der Waals surface area contributed by atoms with Crippen molar-refractivity contribution in [2.45, 2.75) is 19.9 Å². The Labute approximate surface area is 198 Å². The molecule has 0 fully saturated rings. The second-order valence-electron chi connectivity index (χ2n) is 8.34. The van der Waals surface area contributed by atoms with Crippen molar-refractivity contribution >= 4 is 33.2 Å². The van der Waals surface area contributed by atoms with Crippen molar-refractivity contribution in [2.75, 3.05) is 6.54 Å². The Morgan fingerprint density at radius 1 is 1.18 bits per heavy atom. The summed E-state index contributed by atoms with van der Waals surface area (Å²) in [5.74, 6) is 0.880. The molecule has 34 heavy (non-hydrogen) atoms. The van der Waals surface area contributed by atoms with Crippen LogP contribution in [0.2, 0.25) is 0 Å². The summed E-state index contributed by atoms with van der Waals surface area (Å²) in [6.07, 6.45) is 4.10. The quantitative estimate of drug-likeness (QED) is 0.353. The molecule has 3 aromatic heterocycles. The molecule has 9 heteroatoms. The highest BCUT2D eigenvalue weighted by molar-refractivity contribution is 7.77. The summed E-state index contributed by atoms with van der Waals surface area (Å²) < 4.78 is 28.2. The largest absolute Gasteiger partial charge is 0.760 e. The Kier molecular flexibility index (Phi) is 5.91. The zero-order valence-electron chi connectivity index (χ0n) is 18.9. The molecule has 0 aliphatic rings. The average molecular weight is 475 g/mol. The van der Waals surface area contributed by atoms with Gasteiger partial charge in [-0.1, -0.05) is 30.3 Å². The number of hydrogen-bond acceptors (Lipinski definition) is 4. The van der Waals surface area contributed by atoms with Gasteiger partial charge in [0, 0.05) is 54.7 Å². The van der Waals surface area contributed by atoms with Crippen molar-refractivity contribution in [3.63, 3.8) is 0 Å². The molecular weight excluding hydrogens is 450 g/mol. The molecule has 0 aliphatic heterocycles. The summed E-state index contributed by atoms with van der Waals surface area (Å²) in [6.45, 7) is 2.92. The van der Waals surface area contributed by atoms with Crippen LogP contribution < -0.4 is 10.3 Å². The van der Waals surface area contributed by atoms with Crippen molar-refractivity contribution in [3.05, 3.63) is 88.2 Å². The van der Waals surface area contributed by atoms with Crippen molar-refractivity contribution < 1.29 is 8.76 Å². The van der Waals surface area contributed by atoms with Crippen LogP contribution in [0.1, 0.15) is 17.0 Å². The first-order chi connectivity index (χ1) is 16.4. The molecule has 0 spiro atoms. The van der Waals surface area contributed by atoms with Gasteiger partial charge in [-0.05, 0) is 48.2 Å². The summed E-state index contributed by atoms with van der Waals surface area (Å²) in [6, 6.07) is 16.2. The summed E-state index contributed by atoms with van der Waals surface area (Å²) in [5.41, 5.74) is 6.26. The number of nitrogens with one attached hydrogen (secondary N) is 2. The van der Waals surface area contributed by atoms with Gasteiger partial charge in [0.05, 0.1) is 11.0 Å². The lowest BCUT2D eigenvalue weighted by Gasteiger charge is -2.13. The lowest BCUT2D eigenvalue weighted by Crippen LogP contribution is -2.19. The maximum Gasteiger partial charge on any atom is 0.274 e. The van der Waals surface area contributed by atoms with Gasteiger partial charge >= 0.3 is 0 Å². The Bertz CT molecular complexity index is 1580. The molecule has 0 saturated heterocycles. The molecule has 5 aromatic rings. The van der Waals surface area contributed by atoms with Crippen LogP contribution in [-0.4, -0.2) is 34.4 Å². The lowest BCUT2D eigenvalue weighted by atomic mass is 9.99. The second-order valence-corrected chi connectivity index (χ2v) is 9.10. The average Bonchev–Trinajstić information content (AvgIpc) is 3.42. The third kappa shape index (κ3) is 4.09. The summed E-state index contributed by atoms with van der Waals surface area (Å²) >= 11 is -2.33. The molecule has 0 radical (unpaired) electrons. The Hall–Kier alpha value is -3.53. The standard InChI is InChI=1S/C25H25N5O3S/c1-16-28-23-18(8-11-27-34(32)33)12-19(13-22(23)30(16)14-17-6-4-3-5-7-17)21-15-29(2)25(31)24-20(21)9-10-26-24/h3-7,9-10,12-13,15,26-27H,8,11,14H2,1-2H3,(H,32,33)/p-1. The molecule has 5 rings (SSSR count). The van der Waals surface area contributed by atoms with Gasteiger partial charge in [-0.15, -0.1) is 0 Å². The molecule has 1 unspecified atom stereocenters. The van der Waals surface area contributed by atoms with Gasteiger partial charge in [-0.2, -0.15) is 0 Å². The van der Waals surface area contributed by atoms with Crippen molar-refractivity contribution in [1.29, 1.82) is 0 Å². The van der Waals surface area contributed by atoms with Gasteiger partial charge in [-0.25, -0.2) is 9.71 Å². The molecular formula is C25H24N5O3S-. The van der Waals surface area contributed by atoms with E-state index >= 15 is 0 Å². The van der Waals surface area contributed by atoms with E-state index in [0.29, 0.717) is 18.5 Å². The molecule has 8 nitrogen and oxygen atoms in total. The number of nitrogens with zero attached hydrogens (tertiary/aromatic N) is 3. The fraction of sp³-hybridized carbons (Fsp3) is 0.200. The molecule has 2 aromatic carbocycles. The monoisotopic (exact) mass is 474 g/mol. The molecule has 0 saturated carbocycles. The van der Waals surface area contributed by atoms with E-state index in [1.807, 2.05) is 43.5 Å². The van der Waals surface area contributed by atoms with Crippen LogP contribution in [0.3, 0.4) is 0 Å². The number of imidazole rings is 1. The fourth-order valence-electron chi connectivity index (χ4n) is 4.49. The fourth-order valence-corrected chi connectivity index (χ4v) is 4.76. The van der Waals surface area contributed by atoms with Gasteiger partial charge in [0.2, 0.25) is 0 Å². The first-order valence-corrected chi connectivity index (χ1v) is 12.0. The number of rotatable bonds is 7. The minimum Gasteiger partial charge on any atom is -0.760 e. The summed E-state index contributed by atoms with van der Waals surface area (Å²) in [4.78, 5) is 20.5. The van der Waals surface area contributed by atoms with E-state index in [0.717, 1.165) is 44.5 Å². The minimum absolute atomic E-state index is 0.0860. The van der Waals surface area contributed by atoms with Crippen molar-refractivity contribution in [2.24, 2.45) is 7.05 Å². The SMILES string of the molecule is Cc1nc2c(CCNS(=O)[O-])cc(-c3cn(C)c(=O)c4[nH]ccc34)cc2n1Cc1ccccc1. The third-order valence-electron chi connectivity index (χ3n) is 6.13. The predicted octanol–water partition coefficient (Wildman–Crippen LogP) is 3.17. The van der Waals surface area contributed by atoms with Gasteiger partial charge in [-0.3, -0.25) is 9.00 Å². The highest BCUT2D eigenvalue weighted by Crippen LogP contribution is 2.32. The van der Waals surface area contributed by atoms with Gasteiger partial charge in [0.25, 0.3) is 5.56 Å². The lowest BCUT2D eigenvalue weighted by molar-refractivity contribution is 0.523. The number of aromatic nitrogens is 4. The molecule has 0 aliphatic carbocycles. The Morgan fingerprint density at radius 3 is 2.74 bits per heavy atom. The number of hydrogen-bond donors (Lipinski definition) is 2. The zero-order chi connectivity index (χ0) is 23.8.